The molecule has 1 aromatic heterocycles. The van der Waals surface area contributed by atoms with Crippen LogP contribution in [0.1, 0.15) is 33.8 Å². The van der Waals surface area contributed by atoms with Gasteiger partial charge < -0.3 is 14.8 Å². The van der Waals surface area contributed by atoms with E-state index in [4.69, 9.17) is 9.47 Å². The number of benzene rings is 2. The monoisotopic (exact) mass is 575 g/mol. The van der Waals surface area contributed by atoms with E-state index in [0.717, 1.165) is 11.1 Å². The summed E-state index contributed by atoms with van der Waals surface area (Å²) in [6, 6.07) is 19.2. The number of hydrogen-bond donors (Lipinski definition) is 1. The molecule has 2 aliphatic rings. The van der Waals surface area contributed by atoms with E-state index >= 15 is 0 Å². The zero-order valence-corrected chi connectivity index (χ0v) is 23.7. The number of carbonyl (C=O) groups is 3. The predicted molar refractivity (Wildman–Crippen MR) is 156 cm³/mol. The Morgan fingerprint density at radius 3 is 2.41 bits per heavy atom. The van der Waals surface area contributed by atoms with E-state index < -0.39 is 17.5 Å². The van der Waals surface area contributed by atoms with Crippen molar-refractivity contribution in [1.29, 1.82) is 0 Å². The van der Waals surface area contributed by atoms with Gasteiger partial charge in [-0.15, -0.1) is 11.8 Å². The molecule has 2 aliphatic heterocycles. The van der Waals surface area contributed by atoms with Crippen molar-refractivity contribution in [3.63, 3.8) is 0 Å². The van der Waals surface area contributed by atoms with Gasteiger partial charge in [0, 0.05) is 49.0 Å². The topological polar surface area (TPSA) is 104 Å². The lowest BCUT2D eigenvalue weighted by Crippen LogP contribution is -2.51. The molecule has 214 valence electrons. The van der Waals surface area contributed by atoms with E-state index in [2.05, 4.69) is 10.3 Å². The fraction of sp³-hybridized carbons (Fsp3) is 0.333. The first-order chi connectivity index (χ1) is 20.0. The number of ether oxygens (including phenoxy) is 2. The maximum absolute atomic E-state index is 13.5. The molecule has 2 unspecified atom stereocenters. The summed E-state index contributed by atoms with van der Waals surface area (Å²) in [5, 5.41) is 6.26. The van der Waals surface area contributed by atoms with Crippen LogP contribution in [0.2, 0.25) is 0 Å². The number of aromatic nitrogens is 1. The molecule has 3 amide bonds. The Bertz CT molecular complexity index is 1320. The van der Waals surface area contributed by atoms with Crippen molar-refractivity contribution < 1.29 is 23.9 Å². The molecule has 0 saturated carbocycles. The quantitative estimate of drug-likeness (QED) is 0.427. The number of carbonyl (C=O) groups excluding carboxylic acids is 3. The summed E-state index contributed by atoms with van der Waals surface area (Å²) in [6.07, 6.45) is 2.76. The lowest BCUT2D eigenvalue weighted by atomic mass is 10.1. The van der Waals surface area contributed by atoms with Crippen LogP contribution < -0.4 is 5.32 Å². The molecule has 1 N–H and O–H groups in total. The number of nitrogens with one attached hydrogen (secondary N) is 1. The second kappa shape index (κ2) is 13.6. The first kappa shape index (κ1) is 28.6. The van der Waals surface area contributed by atoms with E-state index in [-0.39, 0.29) is 18.4 Å². The van der Waals surface area contributed by atoms with E-state index in [1.165, 1.54) is 16.7 Å². The van der Waals surface area contributed by atoms with Gasteiger partial charge in [-0.1, -0.05) is 30.3 Å². The third-order valence-electron chi connectivity index (χ3n) is 6.97. The number of hydrazine groups is 1. The predicted octanol–water partition coefficient (Wildman–Crippen LogP) is 4.18. The van der Waals surface area contributed by atoms with E-state index in [0.29, 0.717) is 49.9 Å². The molecule has 2 saturated heterocycles. The molecular formula is C30H33N5O5S. The van der Waals surface area contributed by atoms with E-state index in [9.17, 15) is 14.4 Å². The van der Waals surface area contributed by atoms with Crippen molar-refractivity contribution >= 4 is 35.4 Å². The summed E-state index contributed by atoms with van der Waals surface area (Å²) in [7, 11) is 0. The highest BCUT2D eigenvalue weighted by Gasteiger charge is 2.43. The Morgan fingerprint density at radius 2 is 1.73 bits per heavy atom. The Hall–Kier alpha value is -3.93. The molecular weight excluding hydrogens is 542 g/mol. The molecule has 11 heteroatoms. The van der Waals surface area contributed by atoms with E-state index in [1.807, 2.05) is 54.4 Å². The number of morpholine rings is 1. The average molecular weight is 576 g/mol. The molecule has 0 radical (unpaired) electrons. The van der Waals surface area contributed by atoms with Gasteiger partial charge in [0.1, 0.15) is 18.0 Å². The second-order valence-corrected chi connectivity index (χ2v) is 10.7. The van der Waals surface area contributed by atoms with Gasteiger partial charge in [-0.3, -0.25) is 24.5 Å². The third-order valence-corrected chi connectivity index (χ3v) is 8.30. The highest BCUT2D eigenvalue weighted by Crippen LogP contribution is 2.42. The van der Waals surface area contributed by atoms with Gasteiger partial charge in [-0.25, -0.2) is 9.80 Å². The Balaban J connectivity index is 1.27. The summed E-state index contributed by atoms with van der Waals surface area (Å²) in [5.41, 5.74) is 2.78. The van der Waals surface area contributed by atoms with Gasteiger partial charge in [0.2, 0.25) is 5.91 Å². The van der Waals surface area contributed by atoms with Gasteiger partial charge >= 0.3 is 6.09 Å². The molecule has 3 heterocycles. The van der Waals surface area contributed by atoms with Crippen molar-refractivity contribution in [2.24, 2.45) is 0 Å². The Kier molecular flexibility index (Phi) is 9.50. The number of rotatable bonds is 8. The van der Waals surface area contributed by atoms with Gasteiger partial charge in [-0.05, 0) is 54.4 Å². The standard InChI is InChI=1S/C30H33N5O5S/c1-2-34(33-16-18-39-19-17-33)28(37)23-8-10-25(11-9-23)32-27(36)26-21-41-29(24-12-14-31-15-13-24)35(26)30(38)40-20-22-6-4-3-5-7-22/h3-15,26,29H,2,16-21H2,1H3,(H,32,36). The lowest BCUT2D eigenvalue weighted by Gasteiger charge is -2.36. The smallest absolute Gasteiger partial charge is 0.412 e. The normalized spacial score (nSPS) is 19.0. The number of nitrogens with zero attached hydrogens (tertiary/aromatic N) is 4. The molecule has 2 fully saturated rings. The maximum Gasteiger partial charge on any atom is 0.412 e. The van der Waals surface area contributed by atoms with Gasteiger partial charge in [0.05, 0.1) is 13.2 Å². The molecule has 0 bridgehead atoms. The molecule has 2 atom stereocenters. The van der Waals surface area contributed by atoms with Crippen LogP contribution in [-0.4, -0.2) is 82.5 Å². The van der Waals surface area contributed by atoms with Gasteiger partial charge in [0.15, 0.2) is 0 Å². The van der Waals surface area contributed by atoms with Crippen molar-refractivity contribution in [2.45, 2.75) is 24.9 Å². The highest BCUT2D eigenvalue weighted by atomic mass is 32.2. The van der Waals surface area contributed by atoms with Crippen LogP contribution in [0.5, 0.6) is 0 Å². The van der Waals surface area contributed by atoms with Crippen LogP contribution >= 0.6 is 11.8 Å². The number of anilines is 1. The minimum absolute atomic E-state index is 0.104. The summed E-state index contributed by atoms with van der Waals surface area (Å²) >= 11 is 1.50. The molecule has 0 spiro atoms. The summed E-state index contributed by atoms with van der Waals surface area (Å²) in [6.45, 7) is 5.10. The van der Waals surface area contributed by atoms with Crippen molar-refractivity contribution in [1.82, 2.24) is 19.9 Å². The van der Waals surface area contributed by atoms with Crippen LogP contribution in [0.15, 0.2) is 79.1 Å². The SMILES string of the molecule is CCN(C(=O)c1ccc(NC(=O)C2CSC(c3ccncc3)N2C(=O)OCc2ccccc2)cc1)N1CCOCC1. The van der Waals surface area contributed by atoms with Crippen LogP contribution in [0.25, 0.3) is 0 Å². The summed E-state index contributed by atoms with van der Waals surface area (Å²) in [5.74, 6) is -0.0267. The maximum atomic E-state index is 13.5. The first-order valence-corrected chi connectivity index (χ1v) is 14.7. The fourth-order valence-corrected chi connectivity index (χ4v) is 6.27. The molecule has 10 nitrogen and oxygen atoms in total. The van der Waals surface area contributed by atoms with Crippen LogP contribution in [0, 0.1) is 0 Å². The molecule has 2 aromatic carbocycles. The summed E-state index contributed by atoms with van der Waals surface area (Å²) in [4.78, 5) is 45.6. The largest absolute Gasteiger partial charge is 0.444 e. The number of amides is 3. The van der Waals surface area contributed by atoms with Crippen molar-refractivity contribution in [2.75, 3.05) is 43.9 Å². The number of hydrogen-bond acceptors (Lipinski definition) is 8. The average Bonchev–Trinajstić information content (AvgIpc) is 3.48. The third kappa shape index (κ3) is 6.87. The fourth-order valence-electron chi connectivity index (χ4n) is 4.85. The molecule has 0 aliphatic carbocycles. The van der Waals surface area contributed by atoms with E-state index in [1.54, 1.807) is 41.7 Å². The zero-order valence-electron chi connectivity index (χ0n) is 22.8. The van der Waals surface area contributed by atoms with Crippen LogP contribution in [0.4, 0.5) is 10.5 Å². The molecule has 5 rings (SSSR count). The Morgan fingerprint density at radius 1 is 1.02 bits per heavy atom. The minimum Gasteiger partial charge on any atom is -0.444 e. The highest BCUT2D eigenvalue weighted by molar-refractivity contribution is 7.99. The minimum atomic E-state index is -0.750. The summed E-state index contributed by atoms with van der Waals surface area (Å²) < 4.78 is 11.0. The van der Waals surface area contributed by atoms with Crippen LogP contribution in [0.3, 0.4) is 0 Å². The second-order valence-electron chi connectivity index (χ2n) is 9.58. The molecule has 41 heavy (non-hydrogen) atoms. The Labute approximate surface area is 243 Å². The first-order valence-electron chi connectivity index (χ1n) is 13.6. The lowest BCUT2D eigenvalue weighted by molar-refractivity contribution is -0.120. The molecule has 3 aromatic rings. The van der Waals surface area contributed by atoms with Gasteiger partial charge in [0.25, 0.3) is 5.91 Å². The van der Waals surface area contributed by atoms with Crippen molar-refractivity contribution in [3.05, 3.63) is 95.8 Å². The van der Waals surface area contributed by atoms with Crippen molar-refractivity contribution in [3.8, 4) is 0 Å². The number of pyridine rings is 1. The van der Waals surface area contributed by atoms with Gasteiger partial charge in [-0.2, -0.15) is 0 Å². The van der Waals surface area contributed by atoms with Crippen LogP contribution in [-0.2, 0) is 20.9 Å². The zero-order chi connectivity index (χ0) is 28.6. The number of thioether (sulfide) groups is 1.